The number of aromatic nitrogens is 1. The molecule has 0 saturated heterocycles. The number of nitrogens with one attached hydrogen (secondary N) is 3. The Hall–Kier alpha value is -3.94. The highest BCUT2D eigenvalue weighted by Crippen LogP contribution is 2.31. The summed E-state index contributed by atoms with van der Waals surface area (Å²) in [5.74, 6) is -2.58. The van der Waals surface area contributed by atoms with E-state index in [4.69, 9.17) is 9.72 Å². The minimum absolute atomic E-state index is 0.0123. The molecule has 2 aliphatic rings. The van der Waals surface area contributed by atoms with Crippen molar-refractivity contribution < 1.29 is 32.3 Å². The van der Waals surface area contributed by atoms with Gasteiger partial charge in [0.05, 0.1) is 20.8 Å². The van der Waals surface area contributed by atoms with Gasteiger partial charge in [0.25, 0.3) is 0 Å². The van der Waals surface area contributed by atoms with Crippen LogP contribution in [0.3, 0.4) is 0 Å². The zero-order chi connectivity index (χ0) is 31.9. The Morgan fingerprint density at radius 1 is 1.05 bits per heavy atom. The van der Waals surface area contributed by atoms with Crippen molar-refractivity contribution in [3.8, 4) is 10.6 Å². The standard InChI is InChI=1S/C29H37F3N6O4S/c1-28(2,3)42-27(41)36-22(8-7-13-34-26(40)29(30,31)32)25(39)33-14-15-38(6)19-10-12-21-24(17-19)43-23-16-18(37(4)5)9-11-20(23)35-21/h9-12,16-17,22H,7-8,13-15H2,1-6H3,(H2-,33,34,36,39,40,41)/p+1/t22-/m0/s1. The molecule has 0 aromatic heterocycles. The second-order valence-electron chi connectivity index (χ2n) is 11.2. The van der Waals surface area contributed by atoms with Crippen LogP contribution >= 0.6 is 11.3 Å². The number of nitrogens with zero attached hydrogens (tertiary/aromatic N) is 3. The summed E-state index contributed by atoms with van der Waals surface area (Å²) >= 11 is 1.64. The summed E-state index contributed by atoms with van der Waals surface area (Å²) in [6, 6.07) is 11.0. The lowest BCUT2D eigenvalue weighted by Gasteiger charge is -2.24. The van der Waals surface area contributed by atoms with Gasteiger partial charge in [0.2, 0.25) is 11.3 Å². The maximum Gasteiger partial charge on any atom is 0.471 e. The number of rotatable bonds is 10. The van der Waals surface area contributed by atoms with Crippen molar-refractivity contribution in [1.29, 1.82) is 0 Å². The molecule has 0 saturated carbocycles. The maximum absolute atomic E-state index is 12.9. The van der Waals surface area contributed by atoms with Gasteiger partial charge in [0.1, 0.15) is 25.7 Å². The summed E-state index contributed by atoms with van der Waals surface area (Å²) in [6.45, 7) is 5.35. The van der Waals surface area contributed by atoms with E-state index in [0.29, 0.717) is 6.54 Å². The van der Waals surface area contributed by atoms with Crippen molar-refractivity contribution in [3.63, 3.8) is 0 Å². The first-order chi connectivity index (χ1) is 20.0. The highest BCUT2D eigenvalue weighted by atomic mass is 32.1. The van der Waals surface area contributed by atoms with E-state index in [-0.39, 0.29) is 25.9 Å². The van der Waals surface area contributed by atoms with Gasteiger partial charge < -0.3 is 25.6 Å². The monoisotopic (exact) mass is 623 g/mol. The third kappa shape index (κ3) is 10.1. The molecule has 1 atom stereocenters. The average Bonchev–Trinajstić information content (AvgIpc) is 2.90. The summed E-state index contributed by atoms with van der Waals surface area (Å²) < 4.78 is 45.6. The SMILES string of the molecule is CN(CCNC(=O)[C@H](CCCNC(=O)C(F)(F)F)NC(=O)OC(C)(C)C)c1ccc2nc3ccc(=[N+](C)C)cc-3sc2c1. The third-order valence-electron chi connectivity index (χ3n) is 6.27. The van der Waals surface area contributed by atoms with E-state index in [1.165, 1.54) is 0 Å². The average molecular weight is 624 g/mol. The highest BCUT2D eigenvalue weighted by Gasteiger charge is 2.38. The van der Waals surface area contributed by atoms with Crippen LogP contribution in [-0.2, 0) is 14.3 Å². The van der Waals surface area contributed by atoms with E-state index in [1.54, 1.807) is 37.4 Å². The van der Waals surface area contributed by atoms with E-state index < -0.39 is 35.7 Å². The molecule has 3 rings (SSSR count). The summed E-state index contributed by atoms with van der Waals surface area (Å²) in [6.07, 6.45) is -5.82. The van der Waals surface area contributed by atoms with Crippen LogP contribution < -0.4 is 30.8 Å². The van der Waals surface area contributed by atoms with E-state index in [2.05, 4.69) is 16.7 Å². The number of likely N-dealkylation sites (N-methyl/N-ethyl adjacent to an activating group) is 1. The fourth-order valence-corrected chi connectivity index (χ4v) is 5.08. The number of benzene rings is 2. The third-order valence-corrected chi connectivity index (χ3v) is 7.37. The van der Waals surface area contributed by atoms with Crippen molar-refractivity contribution in [2.75, 3.05) is 45.7 Å². The molecule has 3 N–H and O–H groups in total. The largest absolute Gasteiger partial charge is 0.471 e. The van der Waals surface area contributed by atoms with Crippen LogP contribution in [0.4, 0.5) is 23.7 Å². The van der Waals surface area contributed by atoms with Gasteiger partial charge in [0.15, 0.2) is 0 Å². The van der Waals surface area contributed by atoms with Gasteiger partial charge in [-0.2, -0.15) is 13.2 Å². The van der Waals surface area contributed by atoms with Gasteiger partial charge in [-0.3, -0.25) is 9.59 Å². The molecule has 0 spiro atoms. The number of hydrogen-bond donors (Lipinski definition) is 3. The van der Waals surface area contributed by atoms with Gasteiger partial charge >= 0.3 is 18.2 Å². The molecule has 1 aliphatic heterocycles. The Morgan fingerprint density at radius 3 is 2.42 bits per heavy atom. The number of halogens is 3. The smallest absolute Gasteiger partial charge is 0.444 e. The minimum Gasteiger partial charge on any atom is -0.444 e. The van der Waals surface area contributed by atoms with Crippen LogP contribution in [0, 0.1) is 0 Å². The van der Waals surface area contributed by atoms with Crippen LogP contribution in [0.1, 0.15) is 33.6 Å². The second-order valence-corrected chi connectivity index (χ2v) is 12.3. The Bertz CT molecular complexity index is 1500. The van der Waals surface area contributed by atoms with Crippen LogP contribution in [0.2, 0.25) is 0 Å². The van der Waals surface area contributed by atoms with Gasteiger partial charge in [0, 0.05) is 44.5 Å². The van der Waals surface area contributed by atoms with Crippen molar-refractivity contribution in [2.24, 2.45) is 0 Å². The number of fused-ring (bicyclic) bond motifs is 2. The lowest BCUT2D eigenvalue weighted by Crippen LogP contribution is -2.49. The van der Waals surface area contributed by atoms with Gasteiger partial charge in [-0.05, 0) is 57.9 Å². The molecule has 10 nitrogen and oxygen atoms in total. The van der Waals surface area contributed by atoms with Gasteiger partial charge in [-0.1, -0.05) is 0 Å². The minimum atomic E-state index is -5.00. The number of hydrogen-bond acceptors (Lipinski definition) is 7. The second kappa shape index (κ2) is 14.0. The first-order valence-electron chi connectivity index (χ1n) is 13.7. The Balaban J connectivity index is 1.63. The number of amides is 3. The highest BCUT2D eigenvalue weighted by molar-refractivity contribution is 7.21. The molecule has 1 aromatic rings. The topological polar surface area (TPSA) is 116 Å². The predicted octanol–water partition coefficient (Wildman–Crippen LogP) is 3.34. The Labute approximate surface area is 252 Å². The van der Waals surface area contributed by atoms with E-state index in [9.17, 15) is 27.6 Å². The number of carbonyl (C=O) groups excluding carboxylic acids is 3. The maximum atomic E-state index is 12.9. The zero-order valence-electron chi connectivity index (χ0n) is 25.1. The lowest BCUT2D eigenvalue weighted by molar-refractivity contribution is -0.173. The lowest BCUT2D eigenvalue weighted by atomic mass is 10.1. The number of ether oxygens (including phenoxy) is 1. The van der Waals surface area contributed by atoms with Crippen LogP contribution in [-0.4, -0.2) is 81.5 Å². The molecule has 43 heavy (non-hydrogen) atoms. The van der Waals surface area contributed by atoms with E-state index in [0.717, 1.165) is 31.8 Å². The fraction of sp³-hybridized carbons (Fsp3) is 0.483. The van der Waals surface area contributed by atoms with Crippen molar-refractivity contribution in [3.05, 3.63) is 41.8 Å². The quantitative estimate of drug-likeness (QED) is 0.181. The molecule has 0 unspecified atom stereocenters. The molecular weight excluding hydrogens is 585 g/mol. The number of alkyl carbamates (subject to hydrolysis) is 1. The molecule has 1 aliphatic carbocycles. The fourth-order valence-electron chi connectivity index (χ4n) is 4.04. The molecule has 234 valence electrons. The molecule has 0 fully saturated rings. The van der Waals surface area contributed by atoms with Gasteiger partial charge in [-0.15, -0.1) is 11.3 Å². The molecule has 0 radical (unpaired) electrons. The first kappa shape index (κ1) is 33.6. The summed E-state index contributed by atoms with van der Waals surface area (Å²) in [4.78, 5) is 44.1. The summed E-state index contributed by atoms with van der Waals surface area (Å²) in [7, 11) is 5.86. The predicted molar refractivity (Wildman–Crippen MR) is 161 cm³/mol. The summed E-state index contributed by atoms with van der Waals surface area (Å²) in [5.41, 5.74) is 1.91. The Morgan fingerprint density at radius 2 is 1.77 bits per heavy atom. The normalized spacial score (nSPS) is 12.5. The van der Waals surface area contributed by atoms with Crippen LogP contribution in [0.25, 0.3) is 20.8 Å². The number of alkyl halides is 3. The molecular formula is C29H38F3N6O4S+. The molecule has 1 aromatic carbocycles. The van der Waals surface area contributed by atoms with Gasteiger partial charge in [-0.25, -0.2) is 14.4 Å². The van der Waals surface area contributed by atoms with Crippen molar-refractivity contribution in [2.45, 2.75) is 51.4 Å². The van der Waals surface area contributed by atoms with Crippen LogP contribution in [0.5, 0.6) is 0 Å². The summed E-state index contributed by atoms with van der Waals surface area (Å²) in [5, 5.41) is 8.09. The number of carbonyl (C=O) groups is 3. The molecule has 1 heterocycles. The first-order valence-corrected chi connectivity index (χ1v) is 14.5. The van der Waals surface area contributed by atoms with E-state index in [1.807, 2.05) is 61.0 Å². The van der Waals surface area contributed by atoms with E-state index >= 15 is 0 Å². The molecule has 0 bridgehead atoms. The van der Waals surface area contributed by atoms with Crippen LogP contribution in [0.15, 0.2) is 36.4 Å². The number of anilines is 1. The molecule has 14 heteroatoms. The zero-order valence-corrected chi connectivity index (χ0v) is 25.9. The van der Waals surface area contributed by atoms with Crippen molar-refractivity contribution in [1.82, 2.24) is 25.5 Å². The molecule has 3 amide bonds. The Kier molecular flexibility index (Phi) is 10.9. The van der Waals surface area contributed by atoms with Crippen molar-refractivity contribution >= 4 is 45.1 Å².